The quantitative estimate of drug-likeness (QED) is 0.522. The lowest BCUT2D eigenvalue weighted by atomic mass is 10.2. The van der Waals surface area contributed by atoms with Gasteiger partial charge in [-0.15, -0.1) is 5.10 Å². The van der Waals surface area contributed by atoms with Crippen molar-refractivity contribution in [1.82, 2.24) is 14.8 Å². The molecule has 8 heteroatoms. The van der Waals surface area contributed by atoms with Gasteiger partial charge in [-0.2, -0.15) is 0 Å². The Kier molecular flexibility index (Phi) is 14.4. The number of aryl methyl sites for hydroxylation is 1. The summed E-state index contributed by atoms with van der Waals surface area (Å²) in [6.07, 6.45) is 4.29. The molecular formula is C23H39N5O3. The Hall–Kier alpha value is -2.90. The van der Waals surface area contributed by atoms with Gasteiger partial charge in [0.15, 0.2) is 0 Å². The Bertz CT molecular complexity index is 774. The number of nitrogens with two attached hydrogens (primary N) is 1. The highest BCUT2D eigenvalue weighted by atomic mass is 16.5. The van der Waals surface area contributed by atoms with E-state index in [9.17, 15) is 9.59 Å². The Morgan fingerprint density at radius 1 is 1.26 bits per heavy atom. The van der Waals surface area contributed by atoms with Crippen molar-refractivity contribution in [3.63, 3.8) is 0 Å². The predicted molar refractivity (Wildman–Crippen MR) is 126 cm³/mol. The van der Waals surface area contributed by atoms with E-state index in [2.05, 4.69) is 17.0 Å². The SMILES string of the molecule is CC.CC.CCC1CCc2nc(C(N)=O)nn21.CN(C)c1ccccc1OCCC=O. The Balaban J connectivity index is 0.000000501. The molecule has 0 bridgehead atoms. The summed E-state index contributed by atoms with van der Waals surface area (Å²) in [6.45, 7) is 10.5. The van der Waals surface area contributed by atoms with E-state index in [1.165, 1.54) is 0 Å². The van der Waals surface area contributed by atoms with E-state index in [0.29, 0.717) is 19.1 Å². The first-order chi connectivity index (χ1) is 15.0. The molecular weight excluding hydrogens is 394 g/mol. The molecule has 0 radical (unpaired) electrons. The number of hydrogen-bond acceptors (Lipinski definition) is 6. The summed E-state index contributed by atoms with van der Waals surface area (Å²) < 4.78 is 7.30. The minimum absolute atomic E-state index is 0.146. The van der Waals surface area contributed by atoms with Gasteiger partial charge < -0.3 is 20.2 Å². The molecule has 8 nitrogen and oxygen atoms in total. The number of aromatic nitrogens is 3. The first kappa shape index (κ1) is 28.1. The summed E-state index contributed by atoms with van der Waals surface area (Å²) in [6, 6.07) is 8.16. The summed E-state index contributed by atoms with van der Waals surface area (Å²) in [7, 11) is 3.92. The predicted octanol–water partition coefficient (Wildman–Crippen LogP) is 4.05. The van der Waals surface area contributed by atoms with Crippen LogP contribution in [0.2, 0.25) is 0 Å². The summed E-state index contributed by atoms with van der Waals surface area (Å²) >= 11 is 0. The van der Waals surface area contributed by atoms with Gasteiger partial charge in [-0.25, -0.2) is 9.67 Å². The second kappa shape index (κ2) is 15.9. The molecule has 31 heavy (non-hydrogen) atoms. The van der Waals surface area contributed by atoms with Gasteiger partial charge in [0.25, 0.3) is 5.91 Å². The largest absolute Gasteiger partial charge is 0.491 e. The molecule has 1 amide bonds. The minimum Gasteiger partial charge on any atom is -0.491 e. The van der Waals surface area contributed by atoms with Gasteiger partial charge in [-0.1, -0.05) is 46.8 Å². The van der Waals surface area contributed by atoms with Crippen LogP contribution in [-0.2, 0) is 11.2 Å². The highest BCUT2D eigenvalue weighted by Crippen LogP contribution is 2.26. The zero-order chi connectivity index (χ0) is 23.8. The third-order valence-corrected chi connectivity index (χ3v) is 4.28. The van der Waals surface area contributed by atoms with Gasteiger partial charge >= 0.3 is 0 Å². The summed E-state index contributed by atoms with van der Waals surface area (Å²) in [5.41, 5.74) is 6.11. The van der Waals surface area contributed by atoms with Gasteiger partial charge in [0.05, 0.1) is 18.3 Å². The van der Waals surface area contributed by atoms with Crippen molar-refractivity contribution in [3.8, 4) is 5.75 Å². The minimum atomic E-state index is -0.545. The van der Waals surface area contributed by atoms with Crippen LogP contribution >= 0.6 is 0 Å². The topological polar surface area (TPSA) is 103 Å². The van der Waals surface area contributed by atoms with Crippen LogP contribution in [0.1, 0.15) is 76.4 Å². The highest BCUT2D eigenvalue weighted by molar-refractivity contribution is 5.88. The maximum atomic E-state index is 10.8. The molecule has 0 saturated heterocycles. The Morgan fingerprint density at radius 2 is 1.90 bits per heavy atom. The second-order valence-electron chi connectivity index (χ2n) is 6.43. The standard InChI is InChI=1S/C11H15NO2.C8H12N4O.2C2H6/c1-12(2)10-6-3-4-7-11(10)14-9-5-8-13;1-2-5-3-4-6-10-8(7(9)13)11-12(5)6;2*1-2/h3-4,6-8H,5,9H2,1-2H3;5H,2-4H2,1H3,(H2,9,13);2*1-2H3. The molecule has 2 heterocycles. The van der Waals surface area contributed by atoms with Gasteiger partial charge in [0.1, 0.15) is 17.9 Å². The number of ether oxygens (including phenoxy) is 1. The molecule has 1 unspecified atom stereocenters. The molecule has 0 aliphatic carbocycles. The molecule has 1 aromatic heterocycles. The lowest BCUT2D eigenvalue weighted by molar-refractivity contribution is -0.108. The molecule has 0 saturated carbocycles. The van der Waals surface area contributed by atoms with Crippen molar-refractivity contribution >= 4 is 17.9 Å². The highest BCUT2D eigenvalue weighted by Gasteiger charge is 2.25. The van der Waals surface area contributed by atoms with Crippen LogP contribution in [0.3, 0.4) is 0 Å². The van der Waals surface area contributed by atoms with Crippen molar-refractivity contribution in [2.24, 2.45) is 5.73 Å². The Labute approximate surface area is 186 Å². The number of rotatable bonds is 7. The maximum Gasteiger partial charge on any atom is 0.288 e. The van der Waals surface area contributed by atoms with Crippen molar-refractivity contribution in [3.05, 3.63) is 35.9 Å². The van der Waals surface area contributed by atoms with Gasteiger partial charge in [-0.3, -0.25) is 4.79 Å². The third kappa shape index (κ3) is 8.78. The summed E-state index contributed by atoms with van der Waals surface area (Å²) in [5.74, 6) is 1.31. The van der Waals surface area contributed by atoms with E-state index in [0.717, 1.165) is 42.8 Å². The van der Waals surface area contributed by atoms with E-state index in [1.807, 2.05) is 75.6 Å². The molecule has 0 fully saturated rings. The fourth-order valence-electron chi connectivity index (χ4n) is 2.88. The summed E-state index contributed by atoms with van der Waals surface area (Å²) in [4.78, 5) is 27.0. The number of benzene rings is 1. The lowest BCUT2D eigenvalue weighted by Crippen LogP contribution is -2.14. The van der Waals surface area contributed by atoms with Crippen LogP contribution in [0.4, 0.5) is 5.69 Å². The van der Waals surface area contributed by atoms with E-state index >= 15 is 0 Å². The van der Waals surface area contributed by atoms with Gasteiger partial charge in [0.2, 0.25) is 5.82 Å². The third-order valence-electron chi connectivity index (χ3n) is 4.28. The fraction of sp³-hybridized carbons (Fsp3) is 0.565. The van der Waals surface area contributed by atoms with Crippen molar-refractivity contribution in [2.75, 3.05) is 25.6 Å². The average molecular weight is 434 g/mol. The van der Waals surface area contributed by atoms with E-state index < -0.39 is 5.91 Å². The first-order valence-electron chi connectivity index (χ1n) is 11.1. The number of fused-ring (bicyclic) bond motifs is 1. The van der Waals surface area contributed by atoms with Crippen LogP contribution in [0.5, 0.6) is 5.75 Å². The second-order valence-corrected chi connectivity index (χ2v) is 6.43. The number of anilines is 1. The van der Waals surface area contributed by atoms with E-state index in [4.69, 9.17) is 10.5 Å². The number of nitrogens with zero attached hydrogens (tertiary/aromatic N) is 4. The smallest absolute Gasteiger partial charge is 0.288 e. The van der Waals surface area contributed by atoms with Crippen LogP contribution < -0.4 is 15.4 Å². The van der Waals surface area contributed by atoms with Crippen LogP contribution in [-0.4, -0.2) is 47.7 Å². The normalized spacial score (nSPS) is 13.2. The van der Waals surface area contributed by atoms with E-state index in [-0.39, 0.29) is 5.82 Å². The fourth-order valence-corrected chi connectivity index (χ4v) is 2.88. The zero-order valence-electron chi connectivity index (χ0n) is 20.1. The number of aldehydes is 1. The molecule has 3 rings (SSSR count). The number of para-hydroxylation sites is 2. The average Bonchev–Trinajstić information content (AvgIpc) is 3.38. The lowest BCUT2D eigenvalue weighted by Gasteiger charge is -2.17. The molecule has 174 valence electrons. The van der Waals surface area contributed by atoms with Gasteiger partial charge in [-0.05, 0) is 25.0 Å². The van der Waals surface area contributed by atoms with E-state index in [1.54, 1.807) is 0 Å². The van der Waals surface area contributed by atoms with Crippen LogP contribution in [0.15, 0.2) is 24.3 Å². The van der Waals surface area contributed by atoms with Crippen molar-refractivity contribution in [1.29, 1.82) is 0 Å². The molecule has 1 aliphatic heterocycles. The number of amides is 1. The van der Waals surface area contributed by atoms with Crippen LogP contribution in [0, 0.1) is 0 Å². The Morgan fingerprint density at radius 3 is 2.45 bits per heavy atom. The monoisotopic (exact) mass is 433 g/mol. The molecule has 2 N–H and O–H groups in total. The molecule has 2 aromatic rings. The van der Waals surface area contributed by atoms with Gasteiger partial charge in [0, 0.05) is 26.9 Å². The van der Waals surface area contributed by atoms with Crippen molar-refractivity contribution < 1.29 is 14.3 Å². The summed E-state index contributed by atoms with van der Waals surface area (Å²) in [5, 5.41) is 4.07. The van der Waals surface area contributed by atoms with Crippen molar-refractivity contribution in [2.45, 2.75) is 66.3 Å². The number of hydrogen-bond donors (Lipinski definition) is 1. The van der Waals surface area contributed by atoms with Crippen LogP contribution in [0.25, 0.3) is 0 Å². The number of carbonyl (C=O) groups is 2. The number of carbonyl (C=O) groups excluding carboxylic acids is 2. The zero-order valence-corrected chi connectivity index (χ0v) is 20.1. The molecule has 0 spiro atoms. The first-order valence-corrected chi connectivity index (χ1v) is 11.1. The maximum absolute atomic E-state index is 10.8. The number of primary amides is 1. The molecule has 1 atom stereocenters. The molecule has 1 aromatic carbocycles. The molecule has 1 aliphatic rings.